The highest BCUT2D eigenvalue weighted by molar-refractivity contribution is 5.89. The molecule has 0 aromatic heterocycles. The molecule has 2 rings (SSSR count). The molecule has 1 aliphatic heterocycles. The van der Waals surface area contributed by atoms with Gasteiger partial charge in [-0.25, -0.2) is 4.79 Å². The zero-order chi connectivity index (χ0) is 11.5. The fourth-order valence-electron chi connectivity index (χ4n) is 1.91. The van der Waals surface area contributed by atoms with Crippen LogP contribution in [-0.4, -0.2) is 30.8 Å². The third-order valence-corrected chi connectivity index (χ3v) is 2.78. The lowest BCUT2D eigenvalue weighted by molar-refractivity contribution is 0.0276. The van der Waals surface area contributed by atoms with E-state index in [2.05, 4.69) is 5.32 Å². The van der Waals surface area contributed by atoms with Crippen molar-refractivity contribution in [3.8, 4) is 0 Å². The molecule has 86 valence electrons. The van der Waals surface area contributed by atoms with Crippen LogP contribution in [-0.2, 0) is 4.74 Å². The van der Waals surface area contributed by atoms with Crippen molar-refractivity contribution in [2.24, 2.45) is 0 Å². The first-order valence-corrected chi connectivity index (χ1v) is 5.34. The minimum atomic E-state index is -0.883. The molecule has 0 spiro atoms. The molecular weight excluding hydrogens is 206 g/mol. The van der Waals surface area contributed by atoms with Gasteiger partial charge in [0.1, 0.15) is 0 Å². The summed E-state index contributed by atoms with van der Waals surface area (Å²) in [5.74, 6) is -0.883. The van der Waals surface area contributed by atoms with Crippen LogP contribution in [0, 0.1) is 6.92 Å². The molecule has 1 unspecified atom stereocenters. The van der Waals surface area contributed by atoms with Gasteiger partial charge in [-0.3, -0.25) is 0 Å². The Morgan fingerprint density at radius 3 is 2.94 bits per heavy atom. The van der Waals surface area contributed by atoms with Gasteiger partial charge in [0.05, 0.1) is 18.3 Å². The number of carboxylic acid groups (broad SMARTS) is 1. The van der Waals surface area contributed by atoms with E-state index in [1.54, 1.807) is 6.07 Å². The Hall–Kier alpha value is -1.39. The van der Waals surface area contributed by atoms with Crippen LogP contribution in [0.3, 0.4) is 0 Å². The summed E-state index contributed by atoms with van der Waals surface area (Å²) in [6, 6.07) is 5.36. The highest BCUT2D eigenvalue weighted by atomic mass is 16.5. The van der Waals surface area contributed by atoms with E-state index in [0.717, 1.165) is 24.2 Å². The van der Waals surface area contributed by atoms with Gasteiger partial charge in [0.2, 0.25) is 0 Å². The lowest BCUT2D eigenvalue weighted by Gasteiger charge is -2.24. The molecule has 0 radical (unpaired) electrons. The first-order valence-electron chi connectivity index (χ1n) is 5.34. The second-order valence-corrected chi connectivity index (χ2v) is 3.94. The van der Waals surface area contributed by atoms with E-state index in [1.807, 2.05) is 19.1 Å². The summed E-state index contributed by atoms with van der Waals surface area (Å²) in [7, 11) is 0. The fourth-order valence-corrected chi connectivity index (χ4v) is 1.91. The van der Waals surface area contributed by atoms with Crippen molar-refractivity contribution in [3.63, 3.8) is 0 Å². The number of carbonyl (C=O) groups is 1. The number of hydrogen-bond donors (Lipinski definition) is 2. The van der Waals surface area contributed by atoms with E-state index in [-0.39, 0.29) is 6.10 Å². The van der Waals surface area contributed by atoms with Gasteiger partial charge in [0, 0.05) is 13.1 Å². The predicted molar refractivity (Wildman–Crippen MR) is 59.7 cm³/mol. The molecule has 1 saturated heterocycles. The minimum Gasteiger partial charge on any atom is -0.478 e. The Morgan fingerprint density at radius 1 is 1.56 bits per heavy atom. The molecule has 1 aromatic rings. The summed E-state index contributed by atoms with van der Waals surface area (Å²) < 4.78 is 5.61. The highest BCUT2D eigenvalue weighted by Crippen LogP contribution is 2.21. The number of carboxylic acids is 1. The maximum atomic E-state index is 10.9. The van der Waals surface area contributed by atoms with Gasteiger partial charge in [-0.05, 0) is 24.1 Å². The fraction of sp³-hybridized carbons (Fsp3) is 0.417. The summed E-state index contributed by atoms with van der Waals surface area (Å²) in [6.45, 7) is 4.17. The summed E-state index contributed by atoms with van der Waals surface area (Å²) in [6.07, 6.45) is 0.0373. The normalized spacial score (nSPS) is 20.7. The van der Waals surface area contributed by atoms with Gasteiger partial charge in [0.25, 0.3) is 0 Å². The van der Waals surface area contributed by atoms with E-state index in [9.17, 15) is 4.79 Å². The van der Waals surface area contributed by atoms with Crippen LogP contribution in [0.5, 0.6) is 0 Å². The number of ether oxygens (including phenoxy) is 1. The lowest BCUT2D eigenvalue weighted by atomic mass is 10.0. The van der Waals surface area contributed by atoms with Crippen LogP contribution in [0.25, 0.3) is 0 Å². The monoisotopic (exact) mass is 221 g/mol. The van der Waals surface area contributed by atoms with Crippen molar-refractivity contribution < 1.29 is 14.6 Å². The molecule has 0 saturated carbocycles. The maximum Gasteiger partial charge on any atom is 0.335 e. The van der Waals surface area contributed by atoms with Gasteiger partial charge in [0.15, 0.2) is 0 Å². The van der Waals surface area contributed by atoms with E-state index < -0.39 is 5.97 Å². The van der Waals surface area contributed by atoms with Crippen molar-refractivity contribution in [2.75, 3.05) is 19.7 Å². The van der Waals surface area contributed by atoms with Gasteiger partial charge in [-0.1, -0.05) is 12.1 Å². The molecule has 4 nitrogen and oxygen atoms in total. The molecule has 1 atom stereocenters. The maximum absolute atomic E-state index is 10.9. The van der Waals surface area contributed by atoms with Crippen molar-refractivity contribution in [1.82, 2.24) is 5.32 Å². The summed E-state index contributed by atoms with van der Waals surface area (Å²) in [5.41, 5.74) is 2.17. The molecule has 1 fully saturated rings. The zero-order valence-corrected chi connectivity index (χ0v) is 9.19. The third-order valence-electron chi connectivity index (χ3n) is 2.78. The molecule has 2 N–H and O–H groups in total. The second-order valence-electron chi connectivity index (χ2n) is 3.94. The number of nitrogens with one attached hydrogen (secondary N) is 1. The smallest absolute Gasteiger partial charge is 0.335 e. The molecule has 1 aliphatic rings. The number of benzene rings is 1. The first-order chi connectivity index (χ1) is 7.68. The summed E-state index contributed by atoms with van der Waals surface area (Å²) in [4.78, 5) is 10.9. The summed E-state index contributed by atoms with van der Waals surface area (Å²) >= 11 is 0. The molecule has 16 heavy (non-hydrogen) atoms. The lowest BCUT2D eigenvalue weighted by Crippen LogP contribution is -2.33. The minimum absolute atomic E-state index is 0.0373. The molecule has 0 amide bonds. The average Bonchev–Trinajstić information content (AvgIpc) is 2.29. The Labute approximate surface area is 94.2 Å². The van der Waals surface area contributed by atoms with Crippen molar-refractivity contribution >= 4 is 5.97 Å². The van der Waals surface area contributed by atoms with Gasteiger partial charge in [-0.15, -0.1) is 0 Å². The van der Waals surface area contributed by atoms with E-state index >= 15 is 0 Å². The quantitative estimate of drug-likeness (QED) is 0.791. The number of hydrogen-bond acceptors (Lipinski definition) is 3. The van der Waals surface area contributed by atoms with Crippen molar-refractivity contribution in [2.45, 2.75) is 13.0 Å². The third kappa shape index (κ3) is 2.23. The van der Waals surface area contributed by atoms with Crippen molar-refractivity contribution in [3.05, 3.63) is 34.9 Å². The topological polar surface area (TPSA) is 58.6 Å². The van der Waals surface area contributed by atoms with Crippen LogP contribution in [0.1, 0.15) is 27.6 Å². The Bertz CT molecular complexity index is 397. The van der Waals surface area contributed by atoms with Crippen molar-refractivity contribution in [1.29, 1.82) is 0 Å². The van der Waals surface area contributed by atoms with Crippen LogP contribution in [0.2, 0.25) is 0 Å². The Balaban J connectivity index is 2.23. The number of aromatic carboxylic acids is 1. The Kier molecular flexibility index (Phi) is 3.22. The predicted octanol–water partition coefficient (Wildman–Crippen LogP) is 1.35. The van der Waals surface area contributed by atoms with Crippen LogP contribution in [0.4, 0.5) is 0 Å². The second kappa shape index (κ2) is 4.63. The summed E-state index contributed by atoms with van der Waals surface area (Å²) in [5, 5.41) is 12.2. The highest BCUT2D eigenvalue weighted by Gasteiger charge is 2.17. The number of rotatable bonds is 2. The van der Waals surface area contributed by atoms with E-state index in [4.69, 9.17) is 9.84 Å². The number of aryl methyl sites for hydroxylation is 1. The van der Waals surface area contributed by atoms with Crippen LogP contribution in [0.15, 0.2) is 18.2 Å². The van der Waals surface area contributed by atoms with Gasteiger partial charge >= 0.3 is 5.97 Å². The van der Waals surface area contributed by atoms with Gasteiger partial charge in [-0.2, -0.15) is 0 Å². The van der Waals surface area contributed by atoms with Crippen LogP contribution >= 0.6 is 0 Å². The van der Waals surface area contributed by atoms with E-state index in [0.29, 0.717) is 12.2 Å². The zero-order valence-electron chi connectivity index (χ0n) is 9.19. The molecular formula is C12H15NO3. The first kappa shape index (κ1) is 11.1. The number of morpholine rings is 1. The van der Waals surface area contributed by atoms with E-state index in [1.165, 1.54) is 0 Å². The Morgan fingerprint density at radius 2 is 2.38 bits per heavy atom. The SMILES string of the molecule is Cc1cc(C2CNCCO2)ccc1C(=O)O. The molecule has 1 aromatic carbocycles. The van der Waals surface area contributed by atoms with Gasteiger partial charge < -0.3 is 15.2 Å². The standard InChI is InChI=1S/C12H15NO3/c1-8-6-9(2-3-10(8)12(14)15)11-7-13-4-5-16-11/h2-3,6,11,13H,4-5,7H2,1H3,(H,14,15). The largest absolute Gasteiger partial charge is 0.478 e. The molecule has 0 bridgehead atoms. The van der Waals surface area contributed by atoms with Crippen LogP contribution < -0.4 is 5.32 Å². The molecule has 0 aliphatic carbocycles. The molecule has 1 heterocycles. The average molecular weight is 221 g/mol. The molecule has 4 heteroatoms.